The largest absolute Gasteiger partial charge is 0.462 e. The summed E-state index contributed by atoms with van der Waals surface area (Å²) in [4.78, 5) is 24.5. The Labute approximate surface area is 204 Å². The monoisotopic (exact) mass is 469 g/mol. The van der Waals surface area contributed by atoms with Crippen LogP contribution in [0.25, 0.3) is 22.5 Å². The fourth-order valence-electron chi connectivity index (χ4n) is 3.83. The van der Waals surface area contributed by atoms with Crippen molar-refractivity contribution in [3.63, 3.8) is 0 Å². The van der Waals surface area contributed by atoms with E-state index in [0.717, 1.165) is 22.3 Å². The topological polar surface area (TPSA) is 78.6 Å². The molecule has 4 aromatic rings. The second-order valence-electron chi connectivity index (χ2n) is 8.17. The van der Waals surface area contributed by atoms with E-state index in [9.17, 15) is 9.59 Å². The number of benzene rings is 3. The van der Waals surface area contributed by atoms with Crippen LogP contribution in [0.5, 0.6) is 0 Å². The maximum atomic E-state index is 12.7. The minimum absolute atomic E-state index is 0.0684. The first-order chi connectivity index (χ1) is 17.0. The van der Waals surface area contributed by atoms with Gasteiger partial charge in [-0.15, -0.1) is 0 Å². The summed E-state index contributed by atoms with van der Waals surface area (Å²) in [5.41, 5.74) is 5.59. The first kappa shape index (κ1) is 24.0. The quantitative estimate of drug-likeness (QED) is 0.280. The average molecular weight is 470 g/mol. The van der Waals surface area contributed by atoms with Crippen molar-refractivity contribution >= 4 is 11.9 Å². The Bertz CT molecular complexity index is 1290. The van der Waals surface area contributed by atoms with E-state index in [2.05, 4.69) is 5.16 Å². The maximum absolute atomic E-state index is 12.7. The number of rotatable bonds is 8. The lowest BCUT2D eigenvalue weighted by Gasteiger charge is -2.13. The van der Waals surface area contributed by atoms with Crippen LogP contribution in [0.3, 0.4) is 0 Å². The van der Waals surface area contributed by atoms with E-state index in [0.29, 0.717) is 29.2 Å². The highest BCUT2D eigenvalue weighted by molar-refractivity contribution is 5.90. The third kappa shape index (κ3) is 5.66. The van der Waals surface area contributed by atoms with Gasteiger partial charge in [-0.2, -0.15) is 0 Å². The predicted molar refractivity (Wildman–Crippen MR) is 133 cm³/mol. The Balaban J connectivity index is 1.47. The Morgan fingerprint density at radius 3 is 2.11 bits per heavy atom. The number of hydrogen-bond acceptors (Lipinski definition) is 6. The van der Waals surface area contributed by atoms with E-state index in [1.807, 2.05) is 80.6 Å². The highest BCUT2D eigenvalue weighted by Crippen LogP contribution is 2.30. The molecule has 0 saturated carbocycles. The van der Waals surface area contributed by atoms with Crippen LogP contribution < -0.4 is 0 Å². The second-order valence-corrected chi connectivity index (χ2v) is 8.17. The zero-order valence-corrected chi connectivity index (χ0v) is 20.0. The number of aromatic nitrogens is 1. The average Bonchev–Trinajstić information content (AvgIpc) is 3.24. The molecular weight excluding hydrogens is 442 g/mol. The first-order valence-corrected chi connectivity index (χ1v) is 11.5. The lowest BCUT2D eigenvalue weighted by molar-refractivity contribution is -0.147. The van der Waals surface area contributed by atoms with Crippen molar-refractivity contribution in [3.8, 4) is 22.5 Å². The zero-order chi connectivity index (χ0) is 24.8. The van der Waals surface area contributed by atoms with Gasteiger partial charge in [0.1, 0.15) is 6.10 Å². The first-order valence-electron chi connectivity index (χ1n) is 11.5. The summed E-state index contributed by atoms with van der Waals surface area (Å²) < 4.78 is 16.2. The SMILES string of the molecule is CCOC(=O)c1ccc(-c2ccc(-c3onc(C)c3CC(=O)O[C@H](C)c3ccccc3)cc2)cc1. The van der Waals surface area contributed by atoms with Gasteiger partial charge in [-0.05, 0) is 49.6 Å². The molecule has 0 radical (unpaired) electrons. The minimum atomic E-state index is -0.346. The van der Waals surface area contributed by atoms with E-state index >= 15 is 0 Å². The van der Waals surface area contributed by atoms with Crippen LogP contribution in [0.2, 0.25) is 0 Å². The van der Waals surface area contributed by atoms with Gasteiger partial charge in [-0.3, -0.25) is 4.79 Å². The van der Waals surface area contributed by atoms with Gasteiger partial charge in [0.25, 0.3) is 0 Å². The van der Waals surface area contributed by atoms with Crippen molar-refractivity contribution < 1.29 is 23.6 Å². The van der Waals surface area contributed by atoms with Crippen LogP contribution in [-0.2, 0) is 20.7 Å². The van der Waals surface area contributed by atoms with Gasteiger partial charge >= 0.3 is 11.9 Å². The van der Waals surface area contributed by atoms with Gasteiger partial charge in [-0.25, -0.2) is 4.79 Å². The molecule has 0 aliphatic rings. The molecule has 4 rings (SSSR count). The van der Waals surface area contributed by atoms with Crippen LogP contribution in [0.15, 0.2) is 83.4 Å². The zero-order valence-electron chi connectivity index (χ0n) is 20.0. The molecule has 0 fully saturated rings. The van der Waals surface area contributed by atoms with Crippen molar-refractivity contribution in [2.75, 3.05) is 6.61 Å². The molecule has 6 heteroatoms. The van der Waals surface area contributed by atoms with Crippen molar-refractivity contribution in [2.45, 2.75) is 33.3 Å². The molecule has 0 saturated heterocycles. The molecule has 35 heavy (non-hydrogen) atoms. The molecule has 0 aliphatic heterocycles. The van der Waals surface area contributed by atoms with Gasteiger partial charge < -0.3 is 14.0 Å². The van der Waals surface area contributed by atoms with E-state index < -0.39 is 0 Å². The van der Waals surface area contributed by atoms with Crippen LogP contribution in [-0.4, -0.2) is 23.7 Å². The molecule has 0 bridgehead atoms. The van der Waals surface area contributed by atoms with Crippen molar-refractivity contribution in [1.29, 1.82) is 0 Å². The van der Waals surface area contributed by atoms with Crippen molar-refractivity contribution in [2.24, 2.45) is 0 Å². The lowest BCUT2D eigenvalue weighted by atomic mass is 9.99. The number of ether oxygens (including phenoxy) is 2. The third-order valence-electron chi connectivity index (χ3n) is 5.76. The molecule has 0 unspecified atom stereocenters. The van der Waals surface area contributed by atoms with E-state index in [-0.39, 0.29) is 24.5 Å². The molecule has 1 atom stereocenters. The van der Waals surface area contributed by atoms with Gasteiger partial charge in [0.2, 0.25) is 0 Å². The molecule has 0 amide bonds. The van der Waals surface area contributed by atoms with Gasteiger partial charge in [0.05, 0.1) is 24.3 Å². The number of carbonyl (C=O) groups is 2. The molecule has 1 heterocycles. The number of carbonyl (C=O) groups excluding carboxylic acids is 2. The van der Waals surface area contributed by atoms with Gasteiger partial charge in [-0.1, -0.05) is 71.9 Å². The van der Waals surface area contributed by atoms with Crippen molar-refractivity contribution in [1.82, 2.24) is 5.16 Å². The third-order valence-corrected chi connectivity index (χ3v) is 5.76. The second kappa shape index (κ2) is 10.8. The Morgan fingerprint density at radius 1 is 0.886 bits per heavy atom. The Kier molecular flexibility index (Phi) is 7.41. The van der Waals surface area contributed by atoms with Crippen molar-refractivity contribution in [3.05, 3.63) is 101 Å². The smallest absolute Gasteiger partial charge is 0.338 e. The predicted octanol–water partition coefficient (Wildman–Crippen LogP) is 6.34. The highest BCUT2D eigenvalue weighted by Gasteiger charge is 2.20. The Morgan fingerprint density at radius 2 is 1.49 bits per heavy atom. The number of esters is 2. The molecule has 0 spiro atoms. The number of aryl methyl sites for hydroxylation is 1. The summed E-state index contributed by atoms with van der Waals surface area (Å²) in [7, 11) is 0. The minimum Gasteiger partial charge on any atom is -0.462 e. The number of nitrogens with zero attached hydrogens (tertiary/aromatic N) is 1. The molecule has 178 valence electrons. The van der Waals surface area contributed by atoms with Gasteiger partial charge in [0.15, 0.2) is 5.76 Å². The summed E-state index contributed by atoms with van der Waals surface area (Å²) >= 11 is 0. The van der Waals surface area contributed by atoms with Crippen LogP contribution >= 0.6 is 0 Å². The van der Waals surface area contributed by atoms with E-state index in [1.165, 1.54) is 0 Å². The summed E-state index contributed by atoms with van der Waals surface area (Å²) in [5.74, 6) is -0.123. The highest BCUT2D eigenvalue weighted by atomic mass is 16.5. The number of hydrogen-bond donors (Lipinski definition) is 0. The summed E-state index contributed by atoms with van der Waals surface area (Å²) in [5, 5.41) is 4.08. The fraction of sp³-hybridized carbons (Fsp3) is 0.207. The molecular formula is C29H27NO5. The maximum Gasteiger partial charge on any atom is 0.338 e. The standard InChI is InChI=1S/C29H27NO5/c1-4-33-29(32)25-16-12-23(13-17-25)22-10-14-24(15-11-22)28-26(19(2)30-35-28)18-27(31)34-20(3)21-8-6-5-7-9-21/h5-17,20H,4,18H2,1-3H3/t20-/m1/s1. The Hall–Kier alpha value is -4.19. The summed E-state index contributed by atoms with van der Waals surface area (Å²) in [6.07, 6.45) is -0.277. The molecule has 0 aliphatic carbocycles. The fourth-order valence-corrected chi connectivity index (χ4v) is 3.83. The summed E-state index contributed by atoms with van der Waals surface area (Å²) in [6.45, 7) is 5.79. The van der Waals surface area contributed by atoms with E-state index in [1.54, 1.807) is 19.1 Å². The van der Waals surface area contributed by atoms with Gasteiger partial charge in [0, 0.05) is 11.1 Å². The molecule has 6 nitrogen and oxygen atoms in total. The van der Waals surface area contributed by atoms with Crippen LogP contribution in [0.4, 0.5) is 0 Å². The van der Waals surface area contributed by atoms with Crippen LogP contribution in [0, 0.1) is 6.92 Å². The molecule has 3 aromatic carbocycles. The van der Waals surface area contributed by atoms with E-state index in [4.69, 9.17) is 14.0 Å². The summed E-state index contributed by atoms with van der Waals surface area (Å²) in [6, 6.07) is 24.7. The van der Waals surface area contributed by atoms with Crippen LogP contribution in [0.1, 0.15) is 47.1 Å². The molecule has 0 N–H and O–H groups in total. The normalized spacial score (nSPS) is 11.6. The molecule has 1 aromatic heterocycles. The lowest BCUT2D eigenvalue weighted by Crippen LogP contribution is -2.12.